The van der Waals surface area contributed by atoms with Crippen LogP contribution in [0.25, 0.3) is 17.3 Å². The van der Waals surface area contributed by atoms with Crippen LogP contribution in [0.3, 0.4) is 0 Å². The van der Waals surface area contributed by atoms with Crippen LogP contribution in [-0.4, -0.2) is 10.9 Å². The van der Waals surface area contributed by atoms with Gasteiger partial charge in [0.25, 0.3) is 0 Å². The minimum Gasteiger partial charge on any atom is -0.298 e. The molecule has 0 saturated carbocycles. The van der Waals surface area contributed by atoms with E-state index in [1.54, 1.807) is 18.2 Å². The number of benzene rings is 2. The van der Waals surface area contributed by atoms with Gasteiger partial charge in [0.05, 0.1) is 5.69 Å². The fourth-order valence-electron chi connectivity index (χ4n) is 2.36. The van der Waals surface area contributed by atoms with Crippen molar-refractivity contribution < 1.29 is 4.79 Å². The second-order valence-electron chi connectivity index (χ2n) is 5.67. The molecule has 0 aliphatic carbocycles. The molecule has 3 nitrogen and oxygen atoms in total. The normalized spacial score (nSPS) is 11.0. The summed E-state index contributed by atoms with van der Waals surface area (Å²) in [5.41, 5.74) is 4.03. The first kappa shape index (κ1) is 17.4. The monoisotopic (exact) mass is 368 g/mol. The lowest BCUT2D eigenvalue weighted by Crippen LogP contribution is -2.07. The summed E-state index contributed by atoms with van der Waals surface area (Å²) in [4.78, 5) is 17.7. The van der Waals surface area contributed by atoms with E-state index >= 15 is 0 Å². The molecule has 0 fully saturated rings. The van der Waals surface area contributed by atoms with E-state index in [1.807, 2.05) is 31.2 Å². The van der Waals surface area contributed by atoms with Gasteiger partial charge in [0.2, 0.25) is 5.91 Å². The molecule has 0 unspecified atom stereocenters. The third-order valence-corrected chi connectivity index (χ3v) is 4.75. The summed E-state index contributed by atoms with van der Waals surface area (Å²) in [5, 5.41) is 4.05. The molecule has 3 aromatic rings. The van der Waals surface area contributed by atoms with E-state index in [-0.39, 0.29) is 5.91 Å². The van der Waals surface area contributed by atoms with Crippen LogP contribution in [0.1, 0.15) is 16.0 Å². The van der Waals surface area contributed by atoms with Crippen LogP contribution in [0.2, 0.25) is 5.02 Å². The van der Waals surface area contributed by atoms with E-state index in [0.29, 0.717) is 10.2 Å². The van der Waals surface area contributed by atoms with Crippen LogP contribution in [0.4, 0.5) is 5.13 Å². The summed E-state index contributed by atoms with van der Waals surface area (Å²) in [6.07, 6.45) is 3.20. The Balaban J connectivity index is 1.72. The number of carbonyl (C=O) groups is 1. The second kappa shape index (κ2) is 7.64. The van der Waals surface area contributed by atoms with Gasteiger partial charge in [-0.25, -0.2) is 4.98 Å². The van der Waals surface area contributed by atoms with Crippen molar-refractivity contribution in [3.8, 4) is 11.3 Å². The van der Waals surface area contributed by atoms with E-state index in [2.05, 4.69) is 29.4 Å². The fraction of sp³-hybridized carbons (Fsp3) is 0.100. The molecule has 25 heavy (non-hydrogen) atoms. The Morgan fingerprint density at radius 3 is 2.64 bits per heavy atom. The van der Waals surface area contributed by atoms with Crippen LogP contribution < -0.4 is 5.32 Å². The van der Waals surface area contributed by atoms with Gasteiger partial charge in [-0.15, -0.1) is 11.3 Å². The Morgan fingerprint density at radius 2 is 1.92 bits per heavy atom. The van der Waals surface area contributed by atoms with Crippen LogP contribution in [0.15, 0.2) is 54.6 Å². The SMILES string of the molecule is Cc1ccc(-c2nc(NC(=O)/C=C/c3cccc(Cl)c3)sc2C)cc1. The van der Waals surface area contributed by atoms with Crippen molar-refractivity contribution in [3.05, 3.63) is 75.6 Å². The molecule has 5 heteroatoms. The molecule has 0 bridgehead atoms. The molecule has 1 aromatic heterocycles. The van der Waals surface area contributed by atoms with E-state index in [1.165, 1.54) is 23.0 Å². The van der Waals surface area contributed by atoms with Crippen molar-refractivity contribution in [1.82, 2.24) is 4.98 Å². The van der Waals surface area contributed by atoms with Gasteiger partial charge in [0, 0.05) is 21.5 Å². The van der Waals surface area contributed by atoms with Crippen molar-refractivity contribution >= 4 is 40.1 Å². The molecule has 3 rings (SSSR count). The summed E-state index contributed by atoms with van der Waals surface area (Å²) in [5.74, 6) is -0.218. The van der Waals surface area contributed by atoms with Crippen molar-refractivity contribution in [2.75, 3.05) is 5.32 Å². The Labute approximate surface area is 156 Å². The highest BCUT2D eigenvalue weighted by atomic mass is 35.5. The Kier molecular flexibility index (Phi) is 5.31. The number of hydrogen-bond donors (Lipinski definition) is 1. The number of aryl methyl sites for hydroxylation is 2. The predicted octanol–water partition coefficient (Wildman–Crippen LogP) is 5.73. The number of nitrogens with one attached hydrogen (secondary N) is 1. The van der Waals surface area contributed by atoms with Gasteiger partial charge >= 0.3 is 0 Å². The quantitative estimate of drug-likeness (QED) is 0.597. The molecule has 0 aliphatic rings. The van der Waals surface area contributed by atoms with Crippen molar-refractivity contribution in [1.29, 1.82) is 0 Å². The van der Waals surface area contributed by atoms with Crippen LogP contribution in [-0.2, 0) is 4.79 Å². The Hall–Kier alpha value is -2.43. The highest BCUT2D eigenvalue weighted by Gasteiger charge is 2.11. The molecule has 0 aliphatic heterocycles. The van der Waals surface area contributed by atoms with Gasteiger partial charge in [-0.2, -0.15) is 0 Å². The minimum atomic E-state index is -0.218. The number of thiazole rings is 1. The predicted molar refractivity (Wildman–Crippen MR) is 106 cm³/mol. The van der Waals surface area contributed by atoms with E-state index in [9.17, 15) is 4.79 Å². The summed E-state index contributed by atoms with van der Waals surface area (Å²) >= 11 is 7.40. The second-order valence-corrected chi connectivity index (χ2v) is 7.31. The van der Waals surface area contributed by atoms with Crippen LogP contribution in [0, 0.1) is 13.8 Å². The standard InChI is InChI=1S/C20H17ClN2OS/c1-13-6-9-16(10-7-13)19-14(2)25-20(23-19)22-18(24)11-8-15-4-3-5-17(21)12-15/h3-12H,1-2H3,(H,22,23,24)/b11-8+. The first-order valence-electron chi connectivity index (χ1n) is 7.80. The number of anilines is 1. The number of carbonyl (C=O) groups excluding carboxylic acids is 1. The van der Waals surface area contributed by atoms with Crippen molar-refractivity contribution in [3.63, 3.8) is 0 Å². The third-order valence-electron chi connectivity index (χ3n) is 3.63. The fourth-order valence-corrected chi connectivity index (χ4v) is 3.40. The summed E-state index contributed by atoms with van der Waals surface area (Å²) in [7, 11) is 0. The smallest absolute Gasteiger partial charge is 0.250 e. The maximum absolute atomic E-state index is 12.1. The molecule has 2 aromatic carbocycles. The lowest BCUT2D eigenvalue weighted by Gasteiger charge is -1.99. The van der Waals surface area contributed by atoms with Crippen LogP contribution in [0.5, 0.6) is 0 Å². The molecule has 0 radical (unpaired) electrons. The average Bonchev–Trinajstić information content (AvgIpc) is 2.94. The number of amides is 1. The molecular weight excluding hydrogens is 352 g/mol. The molecule has 1 N–H and O–H groups in total. The van der Waals surface area contributed by atoms with Gasteiger partial charge < -0.3 is 0 Å². The maximum Gasteiger partial charge on any atom is 0.250 e. The molecule has 0 spiro atoms. The van der Waals surface area contributed by atoms with E-state index < -0.39 is 0 Å². The number of rotatable bonds is 4. The average molecular weight is 369 g/mol. The van der Waals surface area contributed by atoms with E-state index in [0.717, 1.165) is 21.7 Å². The first-order chi connectivity index (χ1) is 12.0. The van der Waals surface area contributed by atoms with Gasteiger partial charge in [-0.1, -0.05) is 53.6 Å². The lowest BCUT2D eigenvalue weighted by molar-refractivity contribution is -0.111. The number of hydrogen-bond acceptors (Lipinski definition) is 3. The van der Waals surface area contributed by atoms with Gasteiger partial charge in [0.15, 0.2) is 5.13 Å². The third kappa shape index (κ3) is 4.56. The number of halogens is 1. The summed E-state index contributed by atoms with van der Waals surface area (Å²) in [6.45, 7) is 4.06. The van der Waals surface area contributed by atoms with Gasteiger partial charge in [0.1, 0.15) is 0 Å². The zero-order valence-electron chi connectivity index (χ0n) is 13.9. The molecule has 126 valence electrons. The molecule has 1 amide bonds. The highest BCUT2D eigenvalue weighted by molar-refractivity contribution is 7.16. The summed E-state index contributed by atoms with van der Waals surface area (Å²) in [6, 6.07) is 15.5. The number of aromatic nitrogens is 1. The lowest BCUT2D eigenvalue weighted by atomic mass is 10.1. The largest absolute Gasteiger partial charge is 0.298 e. The molecule has 0 saturated heterocycles. The number of nitrogens with zero attached hydrogens (tertiary/aromatic N) is 1. The highest BCUT2D eigenvalue weighted by Crippen LogP contribution is 2.30. The van der Waals surface area contributed by atoms with Crippen LogP contribution >= 0.6 is 22.9 Å². The Morgan fingerprint density at radius 1 is 1.16 bits per heavy atom. The van der Waals surface area contributed by atoms with Gasteiger partial charge in [-0.05, 0) is 37.6 Å². The molecule has 0 atom stereocenters. The van der Waals surface area contributed by atoms with E-state index in [4.69, 9.17) is 11.6 Å². The molecular formula is C20H17ClN2OS. The topological polar surface area (TPSA) is 42.0 Å². The molecule has 1 heterocycles. The van der Waals surface area contributed by atoms with Crippen molar-refractivity contribution in [2.45, 2.75) is 13.8 Å². The zero-order valence-corrected chi connectivity index (χ0v) is 15.5. The maximum atomic E-state index is 12.1. The zero-order chi connectivity index (χ0) is 17.8. The van der Waals surface area contributed by atoms with Gasteiger partial charge in [-0.3, -0.25) is 10.1 Å². The Bertz CT molecular complexity index is 929. The van der Waals surface area contributed by atoms with Crippen molar-refractivity contribution in [2.24, 2.45) is 0 Å². The minimum absolute atomic E-state index is 0.218. The first-order valence-corrected chi connectivity index (χ1v) is 9.00. The summed E-state index contributed by atoms with van der Waals surface area (Å²) < 4.78 is 0.